The molecule has 184 valence electrons. The molecule has 2 N–H and O–H groups in total. The number of carbonyl (C=O) groups is 3. The molecule has 7 nitrogen and oxygen atoms in total. The largest absolute Gasteiger partial charge is 0.480 e. The number of benzene rings is 3. The van der Waals surface area contributed by atoms with Crippen molar-refractivity contribution in [2.24, 2.45) is 0 Å². The number of hydrogen-bond donors (Lipinski definition) is 2. The van der Waals surface area contributed by atoms with Gasteiger partial charge in [0.2, 0.25) is 0 Å². The van der Waals surface area contributed by atoms with E-state index in [2.05, 4.69) is 10.6 Å². The minimum Gasteiger partial charge on any atom is -0.480 e. The SMILES string of the molecule is Cc1ccccc1C(=O)NC1CCN(C(=O)c2cccc(NC(=O)C3Cc4ccccc4O3)c2)CC1. The maximum absolute atomic E-state index is 13.1. The number of para-hydroxylation sites is 1. The third kappa shape index (κ3) is 5.10. The second kappa shape index (κ2) is 10.2. The van der Waals surface area contributed by atoms with Gasteiger partial charge in [-0.15, -0.1) is 0 Å². The minimum atomic E-state index is -0.587. The van der Waals surface area contributed by atoms with Crippen LogP contribution in [0.3, 0.4) is 0 Å². The molecule has 0 aromatic heterocycles. The van der Waals surface area contributed by atoms with Crippen molar-refractivity contribution in [3.63, 3.8) is 0 Å². The molecule has 36 heavy (non-hydrogen) atoms. The molecule has 1 fully saturated rings. The van der Waals surface area contributed by atoms with Crippen molar-refractivity contribution in [3.05, 3.63) is 95.1 Å². The number of hydrogen-bond acceptors (Lipinski definition) is 4. The van der Waals surface area contributed by atoms with Crippen LogP contribution in [0, 0.1) is 6.92 Å². The van der Waals surface area contributed by atoms with E-state index in [1.54, 1.807) is 29.2 Å². The van der Waals surface area contributed by atoms with Crippen LogP contribution in [0.1, 0.15) is 44.7 Å². The van der Waals surface area contributed by atoms with Crippen molar-refractivity contribution < 1.29 is 19.1 Å². The van der Waals surface area contributed by atoms with Gasteiger partial charge in [0.1, 0.15) is 5.75 Å². The van der Waals surface area contributed by atoms with Crippen molar-refractivity contribution in [3.8, 4) is 5.75 Å². The zero-order valence-corrected chi connectivity index (χ0v) is 20.2. The first-order valence-corrected chi connectivity index (χ1v) is 12.3. The van der Waals surface area contributed by atoms with E-state index in [-0.39, 0.29) is 23.8 Å². The Hall–Kier alpha value is -4.13. The summed E-state index contributed by atoms with van der Waals surface area (Å²) in [5, 5.41) is 5.99. The van der Waals surface area contributed by atoms with Gasteiger partial charge < -0.3 is 20.3 Å². The zero-order chi connectivity index (χ0) is 25.1. The highest BCUT2D eigenvalue weighted by Gasteiger charge is 2.29. The van der Waals surface area contributed by atoms with Crippen molar-refractivity contribution in [2.45, 2.75) is 38.3 Å². The fourth-order valence-corrected chi connectivity index (χ4v) is 4.78. The number of nitrogens with one attached hydrogen (secondary N) is 2. The smallest absolute Gasteiger partial charge is 0.265 e. The Labute approximate surface area is 210 Å². The number of nitrogens with zero attached hydrogens (tertiary/aromatic N) is 1. The summed E-state index contributed by atoms with van der Waals surface area (Å²) in [6.45, 7) is 3.04. The maximum atomic E-state index is 13.1. The molecular formula is C29H29N3O4. The standard InChI is InChI=1S/C29H29N3O4/c1-19-7-2-4-11-24(19)27(33)30-22-13-15-32(16-14-22)29(35)21-9-6-10-23(17-21)31-28(34)26-18-20-8-3-5-12-25(20)36-26/h2-12,17,22,26H,13-16,18H2,1H3,(H,30,33)(H,31,34). The molecule has 0 aliphatic carbocycles. The highest BCUT2D eigenvalue weighted by molar-refractivity contribution is 5.99. The summed E-state index contributed by atoms with van der Waals surface area (Å²) in [6, 6.07) is 22.2. The molecule has 1 atom stereocenters. The Morgan fingerprint density at radius 1 is 0.917 bits per heavy atom. The second-order valence-electron chi connectivity index (χ2n) is 9.34. The Kier molecular flexibility index (Phi) is 6.71. The van der Waals surface area contributed by atoms with Crippen molar-refractivity contribution in [1.82, 2.24) is 10.2 Å². The topological polar surface area (TPSA) is 87.7 Å². The van der Waals surface area contributed by atoms with Crippen LogP contribution in [0.25, 0.3) is 0 Å². The average molecular weight is 484 g/mol. The lowest BCUT2D eigenvalue weighted by molar-refractivity contribution is -0.122. The highest BCUT2D eigenvalue weighted by atomic mass is 16.5. The normalized spacial score (nSPS) is 17.1. The summed E-state index contributed by atoms with van der Waals surface area (Å²) in [4.78, 5) is 40.3. The number of carbonyl (C=O) groups excluding carboxylic acids is 3. The Morgan fingerprint density at radius 2 is 1.67 bits per heavy atom. The van der Waals surface area contributed by atoms with Crippen molar-refractivity contribution in [1.29, 1.82) is 0 Å². The van der Waals surface area contributed by atoms with Gasteiger partial charge in [-0.25, -0.2) is 0 Å². The summed E-state index contributed by atoms with van der Waals surface area (Å²) in [5.74, 6) is 0.344. The van der Waals surface area contributed by atoms with Crippen molar-refractivity contribution in [2.75, 3.05) is 18.4 Å². The second-order valence-corrected chi connectivity index (χ2v) is 9.34. The van der Waals surface area contributed by atoms with Gasteiger partial charge in [-0.1, -0.05) is 42.5 Å². The Bertz CT molecular complexity index is 1270. The summed E-state index contributed by atoms with van der Waals surface area (Å²) in [5.41, 5.74) is 3.72. The third-order valence-corrected chi connectivity index (χ3v) is 6.82. The Morgan fingerprint density at radius 3 is 2.44 bits per heavy atom. The average Bonchev–Trinajstić information content (AvgIpc) is 3.34. The van der Waals surface area contributed by atoms with Gasteiger partial charge in [-0.3, -0.25) is 14.4 Å². The van der Waals surface area contributed by atoms with Crippen LogP contribution in [0.5, 0.6) is 5.75 Å². The van der Waals surface area contributed by atoms with E-state index in [9.17, 15) is 14.4 Å². The van der Waals surface area contributed by atoms with Gasteiger partial charge in [-0.05, 0) is 61.2 Å². The van der Waals surface area contributed by atoms with Gasteiger partial charge in [0.05, 0.1) is 0 Å². The fraction of sp³-hybridized carbons (Fsp3) is 0.276. The Balaban J connectivity index is 1.15. The van der Waals surface area contributed by atoms with Crippen LogP contribution >= 0.6 is 0 Å². The number of fused-ring (bicyclic) bond motifs is 1. The minimum absolute atomic E-state index is 0.0299. The number of aryl methyl sites for hydroxylation is 1. The quantitative estimate of drug-likeness (QED) is 0.575. The molecule has 0 saturated carbocycles. The first kappa shape index (κ1) is 23.6. The molecule has 2 aliphatic heterocycles. The number of likely N-dealkylation sites (tertiary alicyclic amines) is 1. The van der Waals surface area contributed by atoms with Gasteiger partial charge in [0.25, 0.3) is 17.7 Å². The molecule has 3 aromatic rings. The summed E-state index contributed by atoms with van der Waals surface area (Å²) in [6.07, 6.45) is 1.32. The number of anilines is 1. The van der Waals surface area contributed by atoms with Crippen LogP contribution in [0.2, 0.25) is 0 Å². The first-order chi connectivity index (χ1) is 17.5. The maximum Gasteiger partial charge on any atom is 0.265 e. The predicted molar refractivity (Wildman–Crippen MR) is 137 cm³/mol. The number of ether oxygens (including phenoxy) is 1. The number of rotatable bonds is 5. The molecule has 3 aromatic carbocycles. The monoisotopic (exact) mass is 483 g/mol. The molecule has 0 spiro atoms. The fourth-order valence-electron chi connectivity index (χ4n) is 4.78. The van der Waals surface area contributed by atoms with Crippen LogP contribution < -0.4 is 15.4 Å². The molecule has 0 radical (unpaired) electrons. The lowest BCUT2D eigenvalue weighted by atomic mass is 10.0. The molecule has 1 saturated heterocycles. The van der Waals surface area contributed by atoms with Gasteiger partial charge in [-0.2, -0.15) is 0 Å². The molecule has 7 heteroatoms. The lowest BCUT2D eigenvalue weighted by Crippen LogP contribution is -2.46. The van der Waals surface area contributed by atoms with Crippen LogP contribution in [0.15, 0.2) is 72.8 Å². The van der Waals surface area contributed by atoms with E-state index < -0.39 is 6.10 Å². The van der Waals surface area contributed by atoms with Gasteiger partial charge in [0, 0.05) is 42.4 Å². The molecule has 2 aliphatic rings. The van der Waals surface area contributed by atoms with Crippen molar-refractivity contribution >= 4 is 23.4 Å². The molecule has 1 unspecified atom stereocenters. The van der Waals surface area contributed by atoms with E-state index in [1.807, 2.05) is 55.5 Å². The number of amides is 3. The highest BCUT2D eigenvalue weighted by Crippen LogP contribution is 2.29. The van der Waals surface area contributed by atoms with Crippen LogP contribution in [0.4, 0.5) is 5.69 Å². The predicted octanol–water partition coefficient (Wildman–Crippen LogP) is 3.97. The number of piperidine rings is 1. The van der Waals surface area contributed by atoms with Crippen LogP contribution in [-0.4, -0.2) is 47.9 Å². The molecule has 5 rings (SSSR count). The van der Waals surface area contributed by atoms with Gasteiger partial charge in [0.15, 0.2) is 6.10 Å². The van der Waals surface area contributed by atoms with E-state index in [4.69, 9.17) is 4.74 Å². The molecule has 0 bridgehead atoms. The molecule has 2 heterocycles. The van der Waals surface area contributed by atoms with E-state index >= 15 is 0 Å². The van der Waals surface area contributed by atoms with E-state index in [0.29, 0.717) is 49.2 Å². The summed E-state index contributed by atoms with van der Waals surface area (Å²) >= 11 is 0. The molecule has 3 amide bonds. The van der Waals surface area contributed by atoms with Gasteiger partial charge >= 0.3 is 0 Å². The van der Waals surface area contributed by atoms with E-state index in [1.165, 1.54) is 0 Å². The summed E-state index contributed by atoms with van der Waals surface area (Å²) in [7, 11) is 0. The summed E-state index contributed by atoms with van der Waals surface area (Å²) < 4.78 is 5.77. The molecular weight excluding hydrogens is 454 g/mol. The van der Waals surface area contributed by atoms with Crippen LogP contribution in [-0.2, 0) is 11.2 Å². The first-order valence-electron chi connectivity index (χ1n) is 12.3. The van der Waals surface area contributed by atoms with E-state index in [0.717, 1.165) is 16.9 Å². The lowest BCUT2D eigenvalue weighted by Gasteiger charge is -2.32. The third-order valence-electron chi connectivity index (χ3n) is 6.82. The zero-order valence-electron chi connectivity index (χ0n) is 20.2.